The first-order chi connectivity index (χ1) is 6.38. The molecule has 0 aromatic heterocycles. The molecule has 0 bridgehead atoms. The maximum Gasteiger partial charge on any atom is 0.153 e. The number of phenols is 1. The van der Waals surface area contributed by atoms with E-state index in [9.17, 15) is 9.90 Å². The number of aldehydes is 1. The summed E-state index contributed by atoms with van der Waals surface area (Å²) in [6.07, 6.45) is 0.675. The number of aromatic hydroxyl groups is 1. The van der Waals surface area contributed by atoms with Gasteiger partial charge in [0.1, 0.15) is 5.75 Å². The van der Waals surface area contributed by atoms with Crippen LogP contribution in [0.25, 0.3) is 0 Å². The van der Waals surface area contributed by atoms with E-state index in [1.807, 2.05) is 13.0 Å². The highest BCUT2D eigenvalue weighted by atomic mass is 16.3. The summed E-state index contributed by atoms with van der Waals surface area (Å²) in [4.78, 5) is 10.6. The minimum atomic E-state index is -0.0109. The molecule has 0 heterocycles. The van der Waals surface area contributed by atoms with Crippen molar-refractivity contribution in [1.29, 1.82) is 0 Å². The van der Waals surface area contributed by atoms with Crippen LogP contribution in [0.4, 0.5) is 0 Å². The third kappa shape index (κ3) is 1.79. The molecule has 1 N–H and O–H groups in total. The lowest BCUT2D eigenvalue weighted by atomic mass is 9.83. The number of benzene rings is 1. The van der Waals surface area contributed by atoms with Gasteiger partial charge in [0.25, 0.3) is 0 Å². The molecule has 1 rings (SSSR count). The van der Waals surface area contributed by atoms with Gasteiger partial charge < -0.3 is 5.11 Å². The minimum absolute atomic E-state index is 0.0109. The zero-order valence-electron chi connectivity index (χ0n) is 9.09. The van der Waals surface area contributed by atoms with Crippen LogP contribution in [0, 0.1) is 6.92 Å². The van der Waals surface area contributed by atoms with Crippen LogP contribution < -0.4 is 0 Å². The lowest BCUT2D eigenvalue weighted by Crippen LogP contribution is -2.13. The Morgan fingerprint density at radius 3 is 2.29 bits per heavy atom. The van der Waals surface area contributed by atoms with Gasteiger partial charge in [-0.3, -0.25) is 4.79 Å². The molecule has 0 fully saturated rings. The van der Waals surface area contributed by atoms with Gasteiger partial charge in [0.05, 0.1) is 5.56 Å². The van der Waals surface area contributed by atoms with E-state index >= 15 is 0 Å². The van der Waals surface area contributed by atoms with Crippen LogP contribution in [0.3, 0.4) is 0 Å². The molecule has 0 unspecified atom stereocenters. The van der Waals surface area contributed by atoms with Gasteiger partial charge >= 0.3 is 0 Å². The average Bonchev–Trinajstić information content (AvgIpc) is 2.07. The van der Waals surface area contributed by atoms with Crippen LogP contribution >= 0.6 is 0 Å². The summed E-state index contributed by atoms with van der Waals surface area (Å²) in [5, 5.41) is 9.71. The fourth-order valence-electron chi connectivity index (χ4n) is 1.63. The Balaban J connectivity index is 3.38. The molecule has 0 saturated heterocycles. The van der Waals surface area contributed by atoms with Crippen LogP contribution in [0.15, 0.2) is 12.1 Å². The molecular weight excluding hydrogens is 176 g/mol. The van der Waals surface area contributed by atoms with Gasteiger partial charge in [-0.2, -0.15) is 0 Å². The van der Waals surface area contributed by atoms with E-state index in [1.54, 1.807) is 6.07 Å². The van der Waals surface area contributed by atoms with Crippen LogP contribution in [0.1, 0.15) is 42.3 Å². The summed E-state index contributed by atoms with van der Waals surface area (Å²) in [6.45, 7) is 8.07. The SMILES string of the molecule is Cc1c(C(C)(C)C)ccc(C=O)c1O. The Kier molecular flexibility index (Phi) is 2.65. The van der Waals surface area contributed by atoms with Crippen molar-refractivity contribution in [2.45, 2.75) is 33.1 Å². The summed E-state index contributed by atoms with van der Waals surface area (Å²) in [6, 6.07) is 3.56. The lowest BCUT2D eigenvalue weighted by molar-refractivity contribution is 0.112. The molecule has 2 nitrogen and oxygen atoms in total. The number of phenolic OH excluding ortho intramolecular Hbond substituents is 1. The zero-order valence-corrected chi connectivity index (χ0v) is 9.09. The number of carbonyl (C=O) groups excluding carboxylic acids is 1. The third-order valence-electron chi connectivity index (χ3n) is 2.40. The van der Waals surface area contributed by atoms with Gasteiger partial charge in [-0.1, -0.05) is 26.8 Å². The van der Waals surface area contributed by atoms with Crippen LogP contribution in [0.2, 0.25) is 0 Å². The van der Waals surface area contributed by atoms with E-state index in [2.05, 4.69) is 20.8 Å². The molecule has 0 aliphatic heterocycles. The normalized spacial score (nSPS) is 11.4. The highest BCUT2D eigenvalue weighted by Crippen LogP contribution is 2.32. The Morgan fingerprint density at radius 2 is 1.86 bits per heavy atom. The van der Waals surface area contributed by atoms with Crippen LogP contribution in [-0.2, 0) is 5.41 Å². The summed E-state index contributed by atoms with van der Waals surface area (Å²) in [5.41, 5.74) is 2.21. The quantitative estimate of drug-likeness (QED) is 0.695. The van der Waals surface area contributed by atoms with E-state index in [0.717, 1.165) is 11.1 Å². The first-order valence-corrected chi connectivity index (χ1v) is 4.66. The Hall–Kier alpha value is -1.31. The summed E-state index contributed by atoms with van der Waals surface area (Å²) >= 11 is 0. The molecule has 1 aromatic rings. The molecule has 1 aromatic carbocycles. The molecule has 0 atom stereocenters. The van der Waals surface area contributed by atoms with Crippen molar-refractivity contribution >= 4 is 6.29 Å². The molecule has 0 amide bonds. The van der Waals surface area contributed by atoms with E-state index in [0.29, 0.717) is 11.8 Å². The van der Waals surface area contributed by atoms with Crippen LogP contribution in [-0.4, -0.2) is 11.4 Å². The third-order valence-corrected chi connectivity index (χ3v) is 2.40. The second-order valence-corrected chi connectivity index (χ2v) is 4.54. The molecule has 0 spiro atoms. The molecule has 76 valence electrons. The summed E-state index contributed by atoms with van der Waals surface area (Å²) < 4.78 is 0. The minimum Gasteiger partial charge on any atom is -0.507 e. The van der Waals surface area contributed by atoms with Gasteiger partial charge in [0.15, 0.2) is 6.29 Å². The van der Waals surface area contributed by atoms with E-state index in [-0.39, 0.29) is 11.2 Å². The first kappa shape index (κ1) is 10.8. The second-order valence-electron chi connectivity index (χ2n) is 4.54. The largest absolute Gasteiger partial charge is 0.507 e. The summed E-state index contributed by atoms with van der Waals surface area (Å²) in [7, 11) is 0. The summed E-state index contributed by atoms with van der Waals surface area (Å²) in [5.74, 6) is 0.104. The van der Waals surface area contributed by atoms with Gasteiger partial charge in [-0.05, 0) is 29.5 Å². The van der Waals surface area contributed by atoms with Crippen molar-refractivity contribution in [2.24, 2.45) is 0 Å². The van der Waals surface area contributed by atoms with E-state index < -0.39 is 0 Å². The number of hydrogen-bond donors (Lipinski definition) is 1. The molecule has 14 heavy (non-hydrogen) atoms. The lowest BCUT2D eigenvalue weighted by Gasteiger charge is -2.22. The Morgan fingerprint density at radius 1 is 1.29 bits per heavy atom. The number of hydrogen-bond acceptors (Lipinski definition) is 2. The second kappa shape index (κ2) is 3.45. The van der Waals surface area contributed by atoms with E-state index in [4.69, 9.17) is 0 Å². The highest BCUT2D eigenvalue weighted by Gasteiger charge is 2.19. The molecule has 0 aliphatic rings. The van der Waals surface area contributed by atoms with Gasteiger partial charge in [-0.15, -0.1) is 0 Å². The topological polar surface area (TPSA) is 37.3 Å². The van der Waals surface area contributed by atoms with Crippen molar-refractivity contribution < 1.29 is 9.90 Å². The monoisotopic (exact) mass is 192 g/mol. The first-order valence-electron chi connectivity index (χ1n) is 4.66. The van der Waals surface area contributed by atoms with Crippen molar-refractivity contribution in [2.75, 3.05) is 0 Å². The standard InChI is InChI=1S/C12H16O2/c1-8-10(12(2,3)4)6-5-9(7-13)11(8)14/h5-7,14H,1-4H3. The predicted molar refractivity (Wildman–Crippen MR) is 56.9 cm³/mol. The van der Waals surface area contributed by atoms with Crippen LogP contribution in [0.5, 0.6) is 5.75 Å². The predicted octanol–water partition coefficient (Wildman–Crippen LogP) is 2.81. The van der Waals surface area contributed by atoms with Crippen molar-refractivity contribution in [3.8, 4) is 5.75 Å². The fraction of sp³-hybridized carbons (Fsp3) is 0.417. The van der Waals surface area contributed by atoms with Gasteiger partial charge in [-0.25, -0.2) is 0 Å². The maximum atomic E-state index is 10.6. The van der Waals surface area contributed by atoms with Gasteiger partial charge in [0.2, 0.25) is 0 Å². The molecular formula is C12H16O2. The average molecular weight is 192 g/mol. The fourth-order valence-corrected chi connectivity index (χ4v) is 1.63. The molecule has 0 aliphatic carbocycles. The zero-order chi connectivity index (χ0) is 10.9. The van der Waals surface area contributed by atoms with Crippen molar-refractivity contribution in [1.82, 2.24) is 0 Å². The van der Waals surface area contributed by atoms with Crippen molar-refractivity contribution in [3.63, 3.8) is 0 Å². The van der Waals surface area contributed by atoms with Crippen molar-refractivity contribution in [3.05, 3.63) is 28.8 Å². The smallest absolute Gasteiger partial charge is 0.153 e. The molecule has 0 saturated carbocycles. The van der Waals surface area contributed by atoms with Gasteiger partial charge in [0, 0.05) is 0 Å². The molecule has 0 radical (unpaired) electrons. The Bertz CT molecular complexity index is 359. The number of carbonyl (C=O) groups is 1. The van der Waals surface area contributed by atoms with E-state index in [1.165, 1.54) is 0 Å². The number of rotatable bonds is 1. The molecule has 2 heteroatoms. The maximum absolute atomic E-state index is 10.6. The Labute approximate surface area is 84.6 Å². The highest BCUT2D eigenvalue weighted by molar-refractivity contribution is 5.80.